The highest BCUT2D eigenvalue weighted by Gasteiger charge is 2.24. The first-order valence-electron chi connectivity index (χ1n) is 8.87. The first-order valence-corrected chi connectivity index (χ1v) is 9.75. The molecule has 1 aliphatic heterocycles. The van der Waals surface area contributed by atoms with Gasteiger partial charge in [-0.25, -0.2) is 0 Å². The van der Waals surface area contributed by atoms with Crippen LogP contribution >= 0.6 is 11.3 Å². The summed E-state index contributed by atoms with van der Waals surface area (Å²) < 4.78 is 0. The highest BCUT2D eigenvalue weighted by Crippen LogP contribution is 2.20. The normalized spacial score (nSPS) is 15.1. The summed E-state index contributed by atoms with van der Waals surface area (Å²) in [5.41, 5.74) is 4.08. The fourth-order valence-corrected chi connectivity index (χ4v) is 4.13. The molecule has 1 N–H and O–H groups in total. The van der Waals surface area contributed by atoms with Gasteiger partial charge in [-0.05, 0) is 48.9 Å². The third kappa shape index (κ3) is 4.14. The highest BCUT2D eigenvalue weighted by atomic mass is 32.1. The molecular weight excluding hydrogens is 346 g/mol. The Labute approximate surface area is 158 Å². The van der Waals surface area contributed by atoms with Crippen LogP contribution in [-0.2, 0) is 4.79 Å². The van der Waals surface area contributed by atoms with Crippen molar-refractivity contribution in [3.8, 4) is 0 Å². The van der Waals surface area contributed by atoms with E-state index in [1.807, 2.05) is 55.3 Å². The Morgan fingerprint density at radius 1 is 1.00 bits per heavy atom. The van der Waals surface area contributed by atoms with Gasteiger partial charge in [-0.2, -0.15) is 0 Å². The lowest BCUT2D eigenvalue weighted by atomic mass is 10.1. The fourth-order valence-electron chi connectivity index (χ4n) is 3.24. The summed E-state index contributed by atoms with van der Waals surface area (Å²) in [7, 11) is 0. The lowest BCUT2D eigenvalue weighted by Gasteiger charge is -2.34. The molecule has 5 nitrogen and oxygen atoms in total. The molecule has 1 saturated heterocycles. The van der Waals surface area contributed by atoms with Crippen LogP contribution in [0.1, 0.15) is 26.4 Å². The predicted octanol–water partition coefficient (Wildman–Crippen LogP) is 3.07. The minimum Gasteiger partial charge on any atom is -0.335 e. The third-order valence-electron chi connectivity index (χ3n) is 4.83. The minimum atomic E-state index is -0.00345. The summed E-state index contributed by atoms with van der Waals surface area (Å²) in [5.74, 6) is 0.105. The van der Waals surface area contributed by atoms with Gasteiger partial charge in [-0.1, -0.05) is 18.2 Å². The van der Waals surface area contributed by atoms with E-state index >= 15 is 0 Å². The summed E-state index contributed by atoms with van der Waals surface area (Å²) in [4.78, 5) is 29.8. The van der Waals surface area contributed by atoms with Gasteiger partial charge in [0.05, 0.1) is 11.4 Å². The van der Waals surface area contributed by atoms with Crippen molar-refractivity contribution >= 4 is 28.8 Å². The van der Waals surface area contributed by atoms with Gasteiger partial charge < -0.3 is 10.2 Å². The number of nitrogens with one attached hydrogen (secondary N) is 1. The van der Waals surface area contributed by atoms with Crippen LogP contribution in [0.4, 0.5) is 5.69 Å². The molecule has 0 spiro atoms. The first-order chi connectivity index (χ1) is 12.5. The number of amides is 2. The van der Waals surface area contributed by atoms with Crippen LogP contribution in [0.15, 0.2) is 29.6 Å². The fraction of sp³-hybridized carbons (Fsp3) is 0.400. The molecule has 0 saturated carbocycles. The van der Waals surface area contributed by atoms with Crippen LogP contribution < -0.4 is 5.32 Å². The molecule has 3 rings (SSSR count). The Morgan fingerprint density at radius 3 is 2.23 bits per heavy atom. The van der Waals surface area contributed by atoms with Gasteiger partial charge in [-0.3, -0.25) is 14.5 Å². The minimum absolute atomic E-state index is 0.00345. The van der Waals surface area contributed by atoms with Gasteiger partial charge in [0.1, 0.15) is 0 Å². The second kappa shape index (κ2) is 8.01. The van der Waals surface area contributed by atoms with Crippen molar-refractivity contribution in [2.24, 2.45) is 0 Å². The molecule has 2 aromatic rings. The van der Waals surface area contributed by atoms with Gasteiger partial charge in [0.15, 0.2) is 0 Å². The summed E-state index contributed by atoms with van der Waals surface area (Å²) >= 11 is 1.50. The summed E-state index contributed by atoms with van der Waals surface area (Å²) in [6.07, 6.45) is 0. The Morgan fingerprint density at radius 2 is 1.65 bits per heavy atom. The number of piperazine rings is 1. The Hall–Kier alpha value is -2.18. The number of nitrogens with zero attached hydrogens (tertiary/aromatic N) is 2. The van der Waals surface area contributed by atoms with Gasteiger partial charge in [-0.15, -0.1) is 11.3 Å². The number of aryl methyl sites for hydroxylation is 3. The molecule has 1 aromatic heterocycles. The number of hydrogen-bond donors (Lipinski definition) is 1. The van der Waals surface area contributed by atoms with E-state index in [-0.39, 0.29) is 11.8 Å². The van der Waals surface area contributed by atoms with Crippen molar-refractivity contribution in [3.05, 3.63) is 51.2 Å². The molecule has 0 bridgehead atoms. The lowest BCUT2D eigenvalue weighted by Crippen LogP contribution is -2.50. The quantitative estimate of drug-likeness (QED) is 0.899. The number of rotatable bonds is 4. The zero-order chi connectivity index (χ0) is 18.7. The monoisotopic (exact) mass is 371 g/mol. The Bertz CT molecular complexity index is 787. The zero-order valence-electron chi connectivity index (χ0n) is 15.5. The maximum atomic E-state index is 12.6. The summed E-state index contributed by atoms with van der Waals surface area (Å²) in [5, 5.41) is 4.99. The van der Waals surface area contributed by atoms with E-state index in [2.05, 4.69) is 10.2 Å². The van der Waals surface area contributed by atoms with Crippen molar-refractivity contribution in [2.75, 3.05) is 38.0 Å². The first kappa shape index (κ1) is 18.6. The van der Waals surface area contributed by atoms with Gasteiger partial charge in [0, 0.05) is 31.9 Å². The maximum Gasteiger partial charge on any atom is 0.264 e. The number of anilines is 1. The maximum absolute atomic E-state index is 12.6. The molecule has 0 aliphatic carbocycles. The van der Waals surface area contributed by atoms with Crippen LogP contribution in [0, 0.1) is 20.8 Å². The van der Waals surface area contributed by atoms with Crippen LogP contribution in [0.5, 0.6) is 0 Å². The molecular formula is C20H25N3O2S. The van der Waals surface area contributed by atoms with Gasteiger partial charge in [0.25, 0.3) is 5.91 Å². The van der Waals surface area contributed by atoms with E-state index < -0.39 is 0 Å². The predicted molar refractivity (Wildman–Crippen MR) is 106 cm³/mol. The second-order valence-electron chi connectivity index (χ2n) is 6.82. The van der Waals surface area contributed by atoms with Crippen LogP contribution in [-0.4, -0.2) is 54.3 Å². The Balaban J connectivity index is 1.52. The topological polar surface area (TPSA) is 52.7 Å². The van der Waals surface area contributed by atoms with Crippen LogP contribution in [0.25, 0.3) is 0 Å². The summed E-state index contributed by atoms with van der Waals surface area (Å²) in [6.45, 7) is 9.08. The van der Waals surface area contributed by atoms with E-state index in [0.29, 0.717) is 19.6 Å². The second-order valence-corrected chi connectivity index (χ2v) is 7.73. The van der Waals surface area contributed by atoms with E-state index in [1.54, 1.807) is 0 Å². The van der Waals surface area contributed by atoms with Crippen molar-refractivity contribution in [1.29, 1.82) is 0 Å². The number of carbonyl (C=O) groups is 2. The lowest BCUT2D eigenvalue weighted by molar-refractivity contribution is -0.117. The molecule has 26 heavy (non-hydrogen) atoms. The highest BCUT2D eigenvalue weighted by molar-refractivity contribution is 7.12. The van der Waals surface area contributed by atoms with Crippen molar-refractivity contribution < 1.29 is 9.59 Å². The number of benzene rings is 1. The molecule has 0 radical (unpaired) electrons. The van der Waals surface area contributed by atoms with Crippen molar-refractivity contribution in [3.63, 3.8) is 0 Å². The largest absolute Gasteiger partial charge is 0.335 e. The number of thiophene rings is 1. The average Bonchev–Trinajstić information content (AvgIpc) is 3.04. The third-order valence-corrected chi connectivity index (χ3v) is 5.83. The molecule has 6 heteroatoms. The van der Waals surface area contributed by atoms with Crippen molar-refractivity contribution in [2.45, 2.75) is 20.8 Å². The van der Waals surface area contributed by atoms with Crippen molar-refractivity contribution in [1.82, 2.24) is 9.80 Å². The molecule has 138 valence electrons. The summed E-state index contributed by atoms with van der Waals surface area (Å²) in [6, 6.07) is 7.97. The van der Waals surface area contributed by atoms with Gasteiger partial charge in [0.2, 0.25) is 5.91 Å². The molecule has 0 atom stereocenters. The molecule has 1 aliphatic rings. The molecule has 2 heterocycles. The van der Waals surface area contributed by atoms with E-state index in [0.717, 1.165) is 40.3 Å². The van der Waals surface area contributed by atoms with Crippen LogP contribution in [0.2, 0.25) is 0 Å². The Kier molecular flexibility index (Phi) is 5.74. The smallest absolute Gasteiger partial charge is 0.264 e. The van der Waals surface area contributed by atoms with E-state index in [4.69, 9.17) is 0 Å². The number of para-hydroxylation sites is 1. The number of carbonyl (C=O) groups excluding carboxylic acids is 2. The average molecular weight is 372 g/mol. The van der Waals surface area contributed by atoms with E-state index in [9.17, 15) is 9.59 Å². The number of hydrogen-bond acceptors (Lipinski definition) is 4. The van der Waals surface area contributed by atoms with Crippen LogP contribution in [0.3, 0.4) is 0 Å². The standard InChI is InChI=1S/C20H25N3O2S/c1-14-5-4-6-15(2)18(14)21-17(24)13-22-8-10-23(11-9-22)20(25)19-16(3)7-12-26-19/h4-7,12H,8-11,13H2,1-3H3,(H,21,24). The van der Waals surface area contributed by atoms with Gasteiger partial charge >= 0.3 is 0 Å². The molecule has 1 fully saturated rings. The SMILES string of the molecule is Cc1ccsc1C(=O)N1CCN(CC(=O)Nc2c(C)cccc2C)CC1. The molecule has 0 unspecified atom stereocenters. The zero-order valence-corrected chi connectivity index (χ0v) is 16.4. The van der Waals surface area contributed by atoms with E-state index in [1.165, 1.54) is 11.3 Å². The molecule has 2 amide bonds. The molecule has 1 aromatic carbocycles.